The third kappa shape index (κ3) is 4.46. The van der Waals surface area contributed by atoms with Crippen LogP contribution in [0.1, 0.15) is 6.42 Å². The summed E-state index contributed by atoms with van der Waals surface area (Å²) < 4.78 is 27.6. The number of sulfone groups is 1. The summed E-state index contributed by atoms with van der Waals surface area (Å²) in [5.74, 6) is 0.572. The lowest BCUT2D eigenvalue weighted by Crippen LogP contribution is -2.35. The molecule has 0 bridgehead atoms. The van der Waals surface area contributed by atoms with Crippen LogP contribution in [0.2, 0.25) is 0 Å². The highest BCUT2D eigenvalue weighted by Crippen LogP contribution is 2.15. The summed E-state index contributed by atoms with van der Waals surface area (Å²) in [4.78, 5) is 2.02. The van der Waals surface area contributed by atoms with E-state index in [9.17, 15) is 8.42 Å². The van der Waals surface area contributed by atoms with Crippen molar-refractivity contribution in [1.29, 1.82) is 0 Å². The number of nitrogens with zero attached hydrogens (tertiary/aromatic N) is 1. The molecule has 1 N–H and O–H groups in total. The van der Waals surface area contributed by atoms with E-state index < -0.39 is 9.84 Å². The van der Waals surface area contributed by atoms with Gasteiger partial charge >= 0.3 is 0 Å². The van der Waals surface area contributed by atoms with Crippen LogP contribution in [0.15, 0.2) is 0 Å². The van der Waals surface area contributed by atoms with Crippen LogP contribution >= 0.6 is 0 Å². The normalized spacial score (nSPS) is 24.9. The minimum atomic E-state index is -2.80. The zero-order valence-electron chi connectivity index (χ0n) is 9.05. The Labute approximate surface area is 90.9 Å². The lowest BCUT2D eigenvalue weighted by atomic mass is 10.2. The fourth-order valence-electron chi connectivity index (χ4n) is 1.68. The van der Waals surface area contributed by atoms with Gasteiger partial charge in [-0.1, -0.05) is 0 Å². The Bertz CT molecular complexity index is 278. The lowest BCUT2D eigenvalue weighted by molar-refractivity contribution is 0.0725. The maximum Gasteiger partial charge on any atom is 0.151 e. The topological polar surface area (TPSA) is 66.8 Å². The van der Waals surface area contributed by atoms with E-state index in [4.69, 9.17) is 9.84 Å². The largest absolute Gasteiger partial charge is 0.394 e. The van der Waals surface area contributed by atoms with Gasteiger partial charge in [-0.2, -0.15) is 0 Å². The molecule has 0 radical (unpaired) electrons. The molecule has 1 aliphatic rings. The summed E-state index contributed by atoms with van der Waals surface area (Å²) in [6, 6.07) is 0.132. The number of aliphatic hydroxyl groups excluding tert-OH is 1. The van der Waals surface area contributed by atoms with Crippen molar-refractivity contribution in [3.63, 3.8) is 0 Å². The summed E-state index contributed by atoms with van der Waals surface area (Å²) in [5, 5.41) is 8.49. The first kappa shape index (κ1) is 12.9. The Kier molecular flexibility index (Phi) is 4.98. The van der Waals surface area contributed by atoms with E-state index in [1.807, 2.05) is 11.9 Å². The molecule has 1 heterocycles. The summed E-state index contributed by atoms with van der Waals surface area (Å²) >= 11 is 0. The Morgan fingerprint density at radius 2 is 2.20 bits per heavy atom. The fraction of sp³-hybridized carbons (Fsp3) is 1.00. The Balaban J connectivity index is 2.21. The van der Waals surface area contributed by atoms with E-state index in [0.717, 1.165) is 6.42 Å². The number of ether oxygens (including phenoxy) is 1. The summed E-state index contributed by atoms with van der Waals surface area (Å²) in [6.07, 6.45) is 0.721. The van der Waals surface area contributed by atoms with Gasteiger partial charge in [0.15, 0.2) is 9.84 Å². The van der Waals surface area contributed by atoms with Crippen LogP contribution in [-0.4, -0.2) is 69.4 Å². The third-order valence-electron chi connectivity index (χ3n) is 2.66. The van der Waals surface area contributed by atoms with Gasteiger partial charge in [0.2, 0.25) is 0 Å². The molecule has 1 fully saturated rings. The van der Waals surface area contributed by atoms with Crippen LogP contribution in [0.3, 0.4) is 0 Å². The molecule has 0 saturated carbocycles. The van der Waals surface area contributed by atoms with Crippen molar-refractivity contribution in [2.75, 3.05) is 44.9 Å². The Morgan fingerprint density at radius 3 is 2.73 bits per heavy atom. The van der Waals surface area contributed by atoms with Gasteiger partial charge in [0.25, 0.3) is 0 Å². The quantitative estimate of drug-likeness (QED) is 0.607. The Hall–Kier alpha value is -0.170. The maximum atomic E-state index is 11.2. The molecule has 6 heteroatoms. The molecule has 15 heavy (non-hydrogen) atoms. The highest BCUT2D eigenvalue weighted by atomic mass is 32.2. The number of hydrogen-bond donors (Lipinski definition) is 1. The molecule has 1 atom stereocenters. The first-order valence-electron chi connectivity index (χ1n) is 5.14. The predicted octanol–water partition coefficient (Wildman–Crippen LogP) is -0.886. The van der Waals surface area contributed by atoms with E-state index in [1.165, 1.54) is 0 Å². The Morgan fingerprint density at radius 1 is 1.47 bits per heavy atom. The van der Waals surface area contributed by atoms with Crippen molar-refractivity contribution >= 4 is 9.84 Å². The highest BCUT2D eigenvalue weighted by molar-refractivity contribution is 7.91. The van der Waals surface area contributed by atoms with Crippen LogP contribution in [0.25, 0.3) is 0 Å². The van der Waals surface area contributed by atoms with Crippen LogP contribution in [-0.2, 0) is 14.6 Å². The zero-order valence-corrected chi connectivity index (χ0v) is 9.87. The number of aliphatic hydroxyl groups is 1. The molecule has 0 spiro atoms. The van der Waals surface area contributed by atoms with Crippen molar-refractivity contribution in [2.45, 2.75) is 12.5 Å². The summed E-state index contributed by atoms with van der Waals surface area (Å²) in [5.41, 5.74) is 0. The second-order valence-corrected chi connectivity index (χ2v) is 6.10. The molecule has 1 unspecified atom stereocenters. The smallest absolute Gasteiger partial charge is 0.151 e. The number of likely N-dealkylation sites (N-methyl/N-ethyl adjacent to an activating group) is 1. The SMILES string of the molecule is CN(CCOCCO)C1CCS(=O)(=O)C1. The van der Waals surface area contributed by atoms with Gasteiger partial charge in [-0.3, -0.25) is 0 Å². The van der Waals surface area contributed by atoms with Gasteiger partial charge in [-0.15, -0.1) is 0 Å². The molecular formula is C9H19NO4S. The highest BCUT2D eigenvalue weighted by Gasteiger charge is 2.30. The number of hydrogen-bond acceptors (Lipinski definition) is 5. The van der Waals surface area contributed by atoms with Gasteiger partial charge in [-0.05, 0) is 13.5 Å². The molecular weight excluding hydrogens is 218 g/mol. The molecule has 0 aromatic heterocycles. The molecule has 1 aliphatic heterocycles. The van der Waals surface area contributed by atoms with Gasteiger partial charge < -0.3 is 14.7 Å². The molecule has 0 aromatic carbocycles. The molecule has 1 rings (SSSR count). The van der Waals surface area contributed by atoms with Crippen molar-refractivity contribution in [2.24, 2.45) is 0 Å². The van der Waals surface area contributed by atoms with Crippen LogP contribution in [0.4, 0.5) is 0 Å². The summed E-state index contributed by atoms with van der Waals surface area (Å²) in [6.45, 7) is 1.62. The first-order chi connectivity index (χ1) is 7.05. The van der Waals surface area contributed by atoms with Crippen molar-refractivity contribution in [3.05, 3.63) is 0 Å². The second-order valence-electron chi connectivity index (χ2n) is 3.87. The molecule has 5 nitrogen and oxygen atoms in total. The van der Waals surface area contributed by atoms with E-state index >= 15 is 0 Å². The van der Waals surface area contributed by atoms with Gasteiger partial charge in [0.1, 0.15) is 0 Å². The van der Waals surface area contributed by atoms with Gasteiger partial charge in [-0.25, -0.2) is 8.42 Å². The lowest BCUT2D eigenvalue weighted by Gasteiger charge is -2.22. The monoisotopic (exact) mass is 237 g/mol. The predicted molar refractivity (Wildman–Crippen MR) is 57.6 cm³/mol. The summed E-state index contributed by atoms with van der Waals surface area (Å²) in [7, 11) is -0.888. The molecule has 1 saturated heterocycles. The van der Waals surface area contributed by atoms with Crippen molar-refractivity contribution < 1.29 is 18.3 Å². The minimum Gasteiger partial charge on any atom is -0.394 e. The van der Waals surface area contributed by atoms with E-state index in [1.54, 1.807) is 0 Å². The fourth-order valence-corrected chi connectivity index (χ4v) is 3.49. The van der Waals surface area contributed by atoms with Gasteiger partial charge in [0.05, 0.1) is 31.3 Å². The molecule has 0 aliphatic carbocycles. The minimum absolute atomic E-state index is 0.0293. The molecule has 90 valence electrons. The van der Waals surface area contributed by atoms with E-state index in [0.29, 0.717) is 25.5 Å². The number of rotatable bonds is 6. The van der Waals surface area contributed by atoms with Crippen molar-refractivity contribution in [1.82, 2.24) is 4.90 Å². The van der Waals surface area contributed by atoms with Crippen LogP contribution < -0.4 is 0 Å². The van der Waals surface area contributed by atoms with E-state index in [-0.39, 0.29) is 18.4 Å². The second kappa shape index (κ2) is 5.79. The molecule has 0 amide bonds. The third-order valence-corrected chi connectivity index (χ3v) is 4.41. The first-order valence-corrected chi connectivity index (χ1v) is 6.96. The molecule has 0 aromatic rings. The maximum absolute atomic E-state index is 11.2. The van der Waals surface area contributed by atoms with Crippen molar-refractivity contribution in [3.8, 4) is 0 Å². The zero-order chi connectivity index (χ0) is 11.3. The standard InChI is InChI=1S/C9H19NO4S/c1-10(3-5-14-6-4-11)9-2-7-15(12,13)8-9/h9,11H,2-8H2,1H3. The average molecular weight is 237 g/mol. The van der Waals surface area contributed by atoms with Crippen LogP contribution in [0.5, 0.6) is 0 Å². The van der Waals surface area contributed by atoms with Gasteiger partial charge in [0, 0.05) is 12.6 Å². The van der Waals surface area contributed by atoms with E-state index in [2.05, 4.69) is 0 Å². The van der Waals surface area contributed by atoms with Crippen LogP contribution in [0, 0.1) is 0 Å². The average Bonchev–Trinajstić information content (AvgIpc) is 2.53.